The zero-order chi connectivity index (χ0) is 21.5. The molecular formula is C20H20ClN5O3S. The smallest absolute Gasteiger partial charge is 0.251 e. The Kier molecular flexibility index (Phi) is 7.31. The van der Waals surface area contributed by atoms with Crippen molar-refractivity contribution in [3.8, 4) is 5.75 Å². The molecule has 156 valence electrons. The maximum atomic E-state index is 12.2. The predicted molar refractivity (Wildman–Crippen MR) is 116 cm³/mol. The number of carbonyl (C=O) groups is 2. The number of aromatic nitrogens is 3. The number of thioether (sulfide) groups is 1. The standard InChI is InChI=1S/C20H20ClN5O3S/c1-12-3-6-14(9-16(12)21)23-18(27)11-30-20-24-17(25-26-20)10-22-19(28)13-4-7-15(29-2)8-5-13/h3-9H,10-11H2,1-2H3,(H,22,28)(H,23,27)(H,24,25,26). The fourth-order valence-corrected chi connectivity index (χ4v) is 3.23. The van der Waals surface area contributed by atoms with Crippen LogP contribution in [0, 0.1) is 6.92 Å². The highest BCUT2D eigenvalue weighted by Gasteiger charge is 2.10. The van der Waals surface area contributed by atoms with E-state index in [4.69, 9.17) is 16.3 Å². The van der Waals surface area contributed by atoms with Crippen molar-refractivity contribution in [2.45, 2.75) is 18.6 Å². The molecule has 0 fully saturated rings. The van der Waals surface area contributed by atoms with Gasteiger partial charge >= 0.3 is 0 Å². The van der Waals surface area contributed by atoms with E-state index in [2.05, 4.69) is 25.8 Å². The zero-order valence-electron chi connectivity index (χ0n) is 16.4. The number of rotatable bonds is 8. The van der Waals surface area contributed by atoms with Crippen molar-refractivity contribution in [2.24, 2.45) is 0 Å². The summed E-state index contributed by atoms with van der Waals surface area (Å²) >= 11 is 7.25. The Bertz CT molecular complexity index is 1040. The van der Waals surface area contributed by atoms with Gasteiger partial charge in [0.15, 0.2) is 0 Å². The highest BCUT2D eigenvalue weighted by Crippen LogP contribution is 2.20. The van der Waals surface area contributed by atoms with Gasteiger partial charge in [0, 0.05) is 16.3 Å². The number of amides is 2. The number of carbonyl (C=O) groups excluding carboxylic acids is 2. The summed E-state index contributed by atoms with van der Waals surface area (Å²) in [6.45, 7) is 2.08. The summed E-state index contributed by atoms with van der Waals surface area (Å²) in [4.78, 5) is 28.5. The Labute approximate surface area is 182 Å². The number of nitrogens with zero attached hydrogens (tertiary/aromatic N) is 2. The molecule has 0 atom stereocenters. The average Bonchev–Trinajstić information content (AvgIpc) is 3.21. The van der Waals surface area contributed by atoms with E-state index >= 15 is 0 Å². The van der Waals surface area contributed by atoms with E-state index < -0.39 is 0 Å². The molecule has 3 N–H and O–H groups in total. The van der Waals surface area contributed by atoms with Crippen LogP contribution in [0.1, 0.15) is 21.7 Å². The molecule has 0 saturated carbocycles. The third-order valence-corrected chi connectivity index (χ3v) is 5.32. The molecular weight excluding hydrogens is 426 g/mol. The summed E-state index contributed by atoms with van der Waals surface area (Å²) in [6.07, 6.45) is 0. The first-order chi connectivity index (χ1) is 14.4. The topological polar surface area (TPSA) is 109 Å². The monoisotopic (exact) mass is 445 g/mol. The molecule has 0 aliphatic heterocycles. The first-order valence-corrected chi connectivity index (χ1v) is 10.3. The van der Waals surface area contributed by atoms with Crippen LogP contribution in [0.5, 0.6) is 5.75 Å². The van der Waals surface area contributed by atoms with Crippen LogP contribution in [0.25, 0.3) is 0 Å². The first kappa shape index (κ1) is 21.7. The number of hydrogen-bond donors (Lipinski definition) is 3. The number of aryl methyl sites for hydroxylation is 1. The zero-order valence-corrected chi connectivity index (χ0v) is 17.9. The Balaban J connectivity index is 1.45. The molecule has 3 rings (SSSR count). The largest absolute Gasteiger partial charge is 0.497 e. The molecule has 2 amide bonds. The molecule has 30 heavy (non-hydrogen) atoms. The Hall–Kier alpha value is -3.04. The van der Waals surface area contributed by atoms with Crippen LogP contribution in [0.4, 0.5) is 5.69 Å². The van der Waals surface area contributed by atoms with Crippen LogP contribution >= 0.6 is 23.4 Å². The lowest BCUT2D eigenvalue weighted by Gasteiger charge is -2.06. The van der Waals surface area contributed by atoms with Gasteiger partial charge in [-0.05, 0) is 48.9 Å². The van der Waals surface area contributed by atoms with Gasteiger partial charge in [-0.3, -0.25) is 14.7 Å². The van der Waals surface area contributed by atoms with Gasteiger partial charge in [0.1, 0.15) is 11.6 Å². The van der Waals surface area contributed by atoms with E-state index in [0.717, 1.165) is 5.56 Å². The number of aromatic amines is 1. The molecule has 0 bridgehead atoms. The van der Waals surface area contributed by atoms with Gasteiger partial charge < -0.3 is 15.4 Å². The quantitative estimate of drug-likeness (QED) is 0.458. The lowest BCUT2D eigenvalue weighted by molar-refractivity contribution is -0.113. The predicted octanol–water partition coefficient (Wildman–Crippen LogP) is 3.44. The van der Waals surface area contributed by atoms with Crippen LogP contribution in [0.2, 0.25) is 5.02 Å². The molecule has 8 nitrogen and oxygen atoms in total. The van der Waals surface area contributed by atoms with Gasteiger partial charge in [-0.2, -0.15) is 0 Å². The van der Waals surface area contributed by atoms with Crippen molar-refractivity contribution in [3.63, 3.8) is 0 Å². The summed E-state index contributed by atoms with van der Waals surface area (Å²) in [5.41, 5.74) is 2.09. The third kappa shape index (κ3) is 5.98. The molecule has 0 unspecified atom stereocenters. The molecule has 0 aliphatic rings. The van der Waals surface area contributed by atoms with Crippen molar-refractivity contribution in [1.82, 2.24) is 20.5 Å². The van der Waals surface area contributed by atoms with Crippen LogP contribution in [-0.2, 0) is 11.3 Å². The molecule has 0 aliphatic carbocycles. The molecule has 1 aromatic heterocycles. The van der Waals surface area contributed by atoms with E-state index in [9.17, 15) is 9.59 Å². The number of benzene rings is 2. The molecule has 0 spiro atoms. The highest BCUT2D eigenvalue weighted by molar-refractivity contribution is 7.99. The van der Waals surface area contributed by atoms with Gasteiger partial charge in [-0.1, -0.05) is 29.4 Å². The number of H-pyrrole nitrogens is 1. The minimum absolute atomic E-state index is 0.140. The fourth-order valence-electron chi connectivity index (χ4n) is 2.43. The second-order valence-corrected chi connectivity index (χ2v) is 7.63. The van der Waals surface area contributed by atoms with Gasteiger partial charge in [-0.15, -0.1) is 5.10 Å². The maximum absolute atomic E-state index is 12.2. The molecule has 3 aromatic rings. The SMILES string of the molecule is COc1ccc(C(=O)NCc2nc(SCC(=O)Nc3ccc(C)c(Cl)c3)n[nH]2)cc1. The van der Waals surface area contributed by atoms with E-state index in [-0.39, 0.29) is 24.1 Å². The summed E-state index contributed by atoms with van der Waals surface area (Å²) in [5, 5.41) is 13.4. The summed E-state index contributed by atoms with van der Waals surface area (Å²) in [5.74, 6) is 0.877. The van der Waals surface area contributed by atoms with Crippen molar-refractivity contribution < 1.29 is 14.3 Å². The number of methoxy groups -OCH3 is 1. The number of anilines is 1. The van der Waals surface area contributed by atoms with E-state index in [1.807, 2.05) is 13.0 Å². The summed E-state index contributed by atoms with van der Waals surface area (Å²) < 4.78 is 5.07. The van der Waals surface area contributed by atoms with Gasteiger partial charge in [0.25, 0.3) is 5.91 Å². The minimum Gasteiger partial charge on any atom is -0.497 e. The first-order valence-electron chi connectivity index (χ1n) is 8.97. The van der Waals surface area contributed by atoms with E-state index in [1.165, 1.54) is 11.8 Å². The lowest BCUT2D eigenvalue weighted by atomic mass is 10.2. The number of nitrogens with one attached hydrogen (secondary N) is 3. The fraction of sp³-hybridized carbons (Fsp3) is 0.200. The van der Waals surface area contributed by atoms with Gasteiger partial charge in [0.2, 0.25) is 11.1 Å². The Morgan fingerprint density at radius 2 is 1.97 bits per heavy atom. The average molecular weight is 446 g/mol. The van der Waals surface area contributed by atoms with E-state index in [0.29, 0.717) is 33.0 Å². The second kappa shape index (κ2) is 10.1. The number of ether oxygens (including phenoxy) is 1. The third-order valence-electron chi connectivity index (χ3n) is 4.07. The van der Waals surface area contributed by atoms with E-state index in [1.54, 1.807) is 43.5 Å². The van der Waals surface area contributed by atoms with Crippen LogP contribution in [0.15, 0.2) is 47.6 Å². The minimum atomic E-state index is -0.237. The Morgan fingerprint density at radius 1 is 1.20 bits per heavy atom. The van der Waals surface area contributed by atoms with Gasteiger partial charge in [-0.25, -0.2) is 4.98 Å². The maximum Gasteiger partial charge on any atom is 0.251 e. The normalized spacial score (nSPS) is 10.5. The highest BCUT2D eigenvalue weighted by atomic mass is 35.5. The number of halogens is 1. The van der Waals surface area contributed by atoms with Crippen molar-refractivity contribution in [2.75, 3.05) is 18.2 Å². The van der Waals surface area contributed by atoms with Crippen LogP contribution in [0.3, 0.4) is 0 Å². The lowest BCUT2D eigenvalue weighted by Crippen LogP contribution is -2.23. The van der Waals surface area contributed by atoms with Crippen LogP contribution < -0.4 is 15.4 Å². The molecule has 1 heterocycles. The van der Waals surface area contributed by atoms with Crippen molar-refractivity contribution in [1.29, 1.82) is 0 Å². The van der Waals surface area contributed by atoms with Crippen LogP contribution in [-0.4, -0.2) is 39.9 Å². The van der Waals surface area contributed by atoms with Crippen molar-refractivity contribution >= 4 is 40.9 Å². The molecule has 2 aromatic carbocycles. The molecule has 0 radical (unpaired) electrons. The second-order valence-electron chi connectivity index (χ2n) is 6.28. The van der Waals surface area contributed by atoms with Crippen molar-refractivity contribution in [3.05, 3.63) is 64.4 Å². The summed E-state index contributed by atoms with van der Waals surface area (Å²) in [6, 6.07) is 12.1. The molecule has 0 saturated heterocycles. The Morgan fingerprint density at radius 3 is 2.67 bits per heavy atom. The molecule has 10 heteroatoms. The number of hydrogen-bond acceptors (Lipinski definition) is 6. The van der Waals surface area contributed by atoms with Gasteiger partial charge in [0.05, 0.1) is 19.4 Å². The summed E-state index contributed by atoms with van der Waals surface area (Å²) in [7, 11) is 1.57.